The maximum absolute atomic E-state index is 13.6. The van der Waals surface area contributed by atoms with Gasteiger partial charge in [-0.3, -0.25) is 9.69 Å². The molecule has 0 saturated heterocycles. The summed E-state index contributed by atoms with van der Waals surface area (Å²) in [6.45, 7) is 4.55. The number of carbonyl (C=O) groups is 1. The second-order valence-electron chi connectivity index (χ2n) is 5.63. The molecule has 0 atom stereocenters. The minimum Gasteiger partial charge on any atom is -0.325 e. The Labute approximate surface area is 130 Å². The molecule has 0 bridgehead atoms. The smallest absolute Gasteiger partial charge is 0.238 e. The van der Waals surface area contributed by atoms with Crippen molar-refractivity contribution in [2.24, 2.45) is 0 Å². The van der Waals surface area contributed by atoms with Crippen LogP contribution in [0.1, 0.15) is 16.7 Å². The lowest BCUT2D eigenvalue weighted by Gasteiger charge is -2.17. The molecule has 2 aromatic rings. The van der Waals surface area contributed by atoms with Gasteiger partial charge in [0.05, 0.1) is 6.54 Å². The van der Waals surface area contributed by atoms with Crippen LogP contribution in [0, 0.1) is 19.7 Å². The lowest BCUT2D eigenvalue weighted by molar-refractivity contribution is -0.117. The van der Waals surface area contributed by atoms with Gasteiger partial charge in [-0.1, -0.05) is 30.3 Å². The first kappa shape index (κ1) is 16.2. The zero-order valence-electron chi connectivity index (χ0n) is 13.2. The fourth-order valence-electron chi connectivity index (χ4n) is 2.28. The van der Waals surface area contributed by atoms with Crippen molar-refractivity contribution in [2.75, 3.05) is 18.9 Å². The zero-order chi connectivity index (χ0) is 16.1. The van der Waals surface area contributed by atoms with Crippen LogP contribution in [0.15, 0.2) is 42.5 Å². The van der Waals surface area contributed by atoms with Crippen molar-refractivity contribution >= 4 is 11.6 Å². The Kier molecular flexibility index (Phi) is 5.28. The third kappa shape index (κ3) is 4.40. The van der Waals surface area contributed by atoms with Gasteiger partial charge in [-0.25, -0.2) is 4.39 Å². The maximum Gasteiger partial charge on any atom is 0.238 e. The molecule has 2 aromatic carbocycles. The summed E-state index contributed by atoms with van der Waals surface area (Å²) in [5, 5.41) is 2.91. The maximum atomic E-state index is 13.6. The highest BCUT2D eigenvalue weighted by Crippen LogP contribution is 2.16. The molecule has 4 heteroatoms. The summed E-state index contributed by atoms with van der Waals surface area (Å²) in [7, 11) is 1.80. The molecule has 1 amide bonds. The van der Waals surface area contributed by atoms with Gasteiger partial charge in [0.2, 0.25) is 5.91 Å². The predicted octanol–water partition coefficient (Wildman–Crippen LogP) is 3.51. The van der Waals surface area contributed by atoms with Gasteiger partial charge < -0.3 is 5.32 Å². The topological polar surface area (TPSA) is 32.3 Å². The van der Waals surface area contributed by atoms with Gasteiger partial charge in [0.15, 0.2) is 0 Å². The number of nitrogens with one attached hydrogen (secondary N) is 1. The van der Waals surface area contributed by atoms with E-state index in [9.17, 15) is 9.18 Å². The number of carbonyl (C=O) groups excluding carboxylic acids is 1. The van der Waals surface area contributed by atoms with E-state index >= 15 is 0 Å². The second-order valence-corrected chi connectivity index (χ2v) is 5.63. The fourth-order valence-corrected chi connectivity index (χ4v) is 2.28. The van der Waals surface area contributed by atoms with Crippen LogP contribution in [-0.2, 0) is 11.3 Å². The first-order valence-corrected chi connectivity index (χ1v) is 7.25. The van der Waals surface area contributed by atoms with Gasteiger partial charge in [0.25, 0.3) is 0 Å². The number of nitrogens with zero attached hydrogens (tertiary/aromatic N) is 1. The van der Waals surface area contributed by atoms with E-state index in [2.05, 4.69) is 5.32 Å². The zero-order valence-corrected chi connectivity index (χ0v) is 13.2. The molecule has 0 heterocycles. The van der Waals surface area contributed by atoms with Gasteiger partial charge in [-0.2, -0.15) is 0 Å². The van der Waals surface area contributed by atoms with Crippen molar-refractivity contribution in [3.63, 3.8) is 0 Å². The number of anilines is 1. The quantitative estimate of drug-likeness (QED) is 0.916. The third-order valence-corrected chi connectivity index (χ3v) is 3.48. The van der Waals surface area contributed by atoms with Gasteiger partial charge >= 0.3 is 0 Å². The SMILES string of the molecule is Cc1ccc(C)c(NC(=O)CN(C)Cc2ccccc2F)c1. The molecular formula is C18H21FN2O. The lowest BCUT2D eigenvalue weighted by atomic mass is 10.1. The number of benzene rings is 2. The van der Waals surface area contributed by atoms with Crippen LogP contribution in [0.3, 0.4) is 0 Å². The number of hydrogen-bond acceptors (Lipinski definition) is 2. The average molecular weight is 300 g/mol. The van der Waals surface area contributed by atoms with E-state index in [1.165, 1.54) is 6.07 Å². The predicted molar refractivity (Wildman–Crippen MR) is 87.3 cm³/mol. The molecule has 0 aromatic heterocycles. The molecule has 0 aliphatic carbocycles. The summed E-state index contributed by atoms with van der Waals surface area (Å²) in [6.07, 6.45) is 0. The molecule has 0 saturated carbocycles. The standard InChI is InChI=1S/C18H21FN2O/c1-13-8-9-14(2)17(10-13)20-18(22)12-21(3)11-15-6-4-5-7-16(15)19/h4-10H,11-12H2,1-3H3,(H,20,22). The van der Waals surface area contributed by atoms with E-state index in [0.717, 1.165) is 16.8 Å². The van der Waals surface area contributed by atoms with Crippen LogP contribution in [0.25, 0.3) is 0 Å². The van der Waals surface area contributed by atoms with Gasteiger partial charge in [-0.15, -0.1) is 0 Å². The Morgan fingerprint density at radius 3 is 2.64 bits per heavy atom. The summed E-state index contributed by atoms with van der Waals surface area (Å²) < 4.78 is 13.6. The molecule has 22 heavy (non-hydrogen) atoms. The summed E-state index contributed by atoms with van der Waals surface area (Å²) in [4.78, 5) is 13.9. The van der Waals surface area contributed by atoms with Crippen LogP contribution in [0.5, 0.6) is 0 Å². The number of amides is 1. The first-order valence-electron chi connectivity index (χ1n) is 7.25. The Hall–Kier alpha value is -2.20. The minimum atomic E-state index is -0.246. The van der Waals surface area contributed by atoms with Crippen molar-refractivity contribution in [1.82, 2.24) is 4.90 Å². The van der Waals surface area contributed by atoms with E-state index in [1.54, 1.807) is 30.1 Å². The number of rotatable bonds is 5. The van der Waals surface area contributed by atoms with Crippen LogP contribution in [0.4, 0.5) is 10.1 Å². The Morgan fingerprint density at radius 1 is 1.18 bits per heavy atom. The highest BCUT2D eigenvalue weighted by atomic mass is 19.1. The second kappa shape index (κ2) is 7.18. The van der Waals surface area contributed by atoms with Gasteiger partial charge in [0.1, 0.15) is 5.82 Å². The van der Waals surface area contributed by atoms with E-state index < -0.39 is 0 Å². The van der Waals surface area contributed by atoms with Crippen molar-refractivity contribution in [3.05, 3.63) is 65.0 Å². The minimum absolute atomic E-state index is 0.104. The van der Waals surface area contributed by atoms with E-state index in [1.807, 2.05) is 32.0 Å². The summed E-state index contributed by atoms with van der Waals surface area (Å²) in [5.41, 5.74) is 3.53. The van der Waals surface area contributed by atoms with Crippen LogP contribution >= 0.6 is 0 Å². The van der Waals surface area contributed by atoms with E-state index in [0.29, 0.717) is 12.1 Å². The molecule has 2 rings (SSSR count). The van der Waals surface area contributed by atoms with Crippen LogP contribution < -0.4 is 5.32 Å². The van der Waals surface area contributed by atoms with Crippen molar-refractivity contribution in [3.8, 4) is 0 Å². The average Bonchev–Trinajstić information content (AvgIpc) is 2.45. The number of hydrogen-bond donors (Lipinski definition) is 1. The first-order chi connectivity index (χ1) is 10.5. The van der Waals surface area contributed by atoms with Crippen LogP contribution in [0.2, 0.25) is 0 Å². The Bertz CT molecular complexity index is 670. The van der Waals surface area contributed by atoms with Gasteiger partial charge in [-0.05, 0) is 44.2 Å². The molecule has 116 valence electrons. The van der Waals surface area contributed by atoms with E-state index in [-0.39, 0.29) is 18.3 Å². The Morgan fingerprint density at radius 2 is 1.91 bits per heavy atom. The normalized spacial score (nSPS) is 10.8. The molecule has 0 radical (unpaired) electrons. The lowest BCUT2D eigenvalue weighted by Crippen LogP contribution is -2.30. The Balaban J connectivity index is 1.94. The van der Waals surface area contributed by atoms with E-state index in [4.69, 9.17) is 0 Å². The van der Waals surface area contributed by atoms with Crippen molar-refractivity contribution in [2.45, 2.75) is 20.4 Å². The van der Waals surface area contributed by atoms with Crippen molar-refractivity contribution < 1.29 is 9.18 Å². The molecule has 0 spiro atoms. The molecule has 0 fully saturated rings. The van der Waals surface area contributed by atoms with Crippen molar-refractivity contribution in [1.29, 1.82) is 0 Å². The molecule has 0 aliphatic rings. The summed E-state index contributed by atoms with van der Waals surface area (Å²) >= 11 is 0. The summed E-state index contributed by atoms with van der Waals surface area (Å²) in [5.74, 6) is -0.350. The molecule has 1 N–H and O–H groups in total. The number of aryl methyl sites for hydroxylation is 2. The fraction of sp³-hybridized carbons (Fsp3) is 0.278. The summed E-state index contributed by atoms with van der Waals surface area (Å²) in [6, 6.07) is 12.6. The van der Waals surface area contributed by atoms with Crippen LogP contribution in [-0.4, -0.2) is 24.4 Å². The molecular weight excluding hydrogens is 279 g/mol. The molecule has 0 aliphatic heterocycles. The number of likely N-dealkylation sites (N-methyl/N-ethyl adjacent to an activating group) is 1. The molecule has 0 unspecified atom stereocenters. The molecule has 3 nitrogen and oxygen atoms in total. The third-order valence-electron chi connectivity index (χ3n) is 3.48. The highest BCUT2D eigenvalue weighted by Gasteiger charge is 2.10. The number of halogens is 1. The largest absolute Gasteiger partial charge is 0.325 e. The monoisotopic (exact) mass is 300 g/mol. The van der Waals surface area contributed by atoms with Gasteiger partial charge in [0, 0.05) is 17.8 Å². The highest BCUT2D eigenvalue weighted by molar-refractivity contribution is 5.93.